The third-order valence-corrected chi connectivity index (χ3v) is 4.90. The normalized spacial score (nSPS) is 38.7. The van der Waals surface area contributed by atoms with Crippen molar-refractivity contribution in [1.82, 2.24) is 9.80 Å². The highest BCUT2D eigenvalue weighted by Crippen LogP contribution is 2.50. The molecule has 3 unspecified atom stereocenters. The maximum absolute atomic E-state index is 12.6. The number of hydrogen-bond acceptors (Lipinski definition) is 2. The summed E-state index contributed by atoms with van der Waals surface area (Å²) in [7, 11) is 0. The molecule has 100 valence electrons. The van der Waals surface area contributed by atoms with Gasteiger partial charge in [0, 0.05) is 12.6 Å². The Labute approximate surface area is 108 Å². The first-order chi connectivity index (χ1) is 8.43. The second-order valence-electron chi connectivity index (χ2n) is 6.67. The molecule has 2 aliphatic heterocycles. The van der Waals surface area contributed by atoms with Crippen LogP contribution in [0.2, 0.25) is 0 Å². The summed E-state index contributed by atoms with van der Waals surface area (Å²) in [6, 6.07) is -0.162. The summed E-state index contributed by atoms with van der Waals surface area (Å²) in [4.78, 5) is 28.7. The molecule has 2 heterocycles. The average Bonchev–Trinajstić information content (AvgIpc) is 2.95. The van der Waals surface area contributed by atoms with Gasteiger partial charge < -0.3 is 9.80 Å². The van der Waals surface area contributed by atoms with Gasteiger partial charge in [-0.1, -0.05) is 13.8 Å². The second kappa shape index (κ2) is 3.72. The van der Waals surface area contributed by atoms with Gasteiger partial charge in [-0.3, -0.25) is 9.59 Å². The van der Waals surface area contributed by atoms with Crippen molar-refractivity contribution in [3.63, 3.8) is 0 Å². The third kappa shape index (κ3) is 1.57. The number of carbonyl (C=O) groups excluding carboxylic acids is 2. The lowest BCUT2D eigenvalue weighted by Crippen LogP contribution is -2.65. The van der Waals surface area contributed by atoms with Crippen LogP contribution >= 0.6 is 0 Å². The predicted octanol–water partition coefficient (Wildman–Crippen LogP) is 1.40. The van der Waals surface area contributed by atoms with Gasteiger partial charge in [-0.2, -0.15) is 0 Å². The largest absolute Gasteiger partial charge is 0.329 e. The molecule has 0 aromatic rings. The molecule has 2 amide bonds. The van der Waals surface area contributed by atoms with Gasteiger partial charge in [-0.05, 0) is 38.0 Å². The molecule has 0 spiro atoms. The van der Waals surface area contributed by atoms with E-state index < -0.39 is 0 Å². The van der Waals surface area contributed by atoms with Crippen LogP contribution in [0.4, 0.5) is 0 Å². The van der Waals surface area contributed by atoms with Gasteiger partial charge in [0.25, 0.3) is 0 Å². The molecule has 0 aromatic heterocycles. The molecule has 3 rings (SSSR count). The van der Waals surface area contributed by atoms with E-state index in [1.54, 1.807) is 0 Å². The van der Waals surface area contributed by atoms with Gasteiger partial charge in [-0.15, -0.1) is 0 Å². The summed E-state index contributed by atoms with van der Waals surface area (Å²) in [5.41, 5.74) is 0.195. The standard InChI is InChI=1S/C14H22N2O2/c1-9-12(17)15-7-5-4-6-10(15)13(18)16(9)11-8-14(11,2)3/h9-11H,4-8H2,1-3H3. The number of amides is 2. The molecule has 0 radical (unpaired) electrons. The lowest BCUT2D eigenvalue weighted by Gasteiger charge is -2.46. The fourth-order valence-corrected chi connectivity index (χ4v) is 3.51. The van der Waals surface area contributed by atoms with E-state index in [1.807, 2.05) is 16.7 Å². The van der Waals surface area contributed by atoms with Crippen molar-refractivity contribution in [2.45, 2.75) is 64.6 Å². The number of carbonyl (C=O) groups is 2. The van der Waals surface area contributed by atoms with E-state index in [0.29, 0.717) is 0 Å². The van der Waals surface area contributed by atoms with Crippen molar-refractivity contribution in [1.29, 1.82) is 0 Å². The Hall–Kier alpha value is -1.06. The Morgan fingerprint density at radius 3 is 2.44 bits per heavy atom. The smallest absolute Gasteiger partial charge is 0.246 e. The van der Waals surface area contributed by atoms with Crippen molar-refractivity contribution in [3.8, 4) is 0 Å². The third-order valence-electron chi connectivity index (χ3n) is 4.90. The van der Waals surface area contributed by atoms with Crippen LogP contribution in [-0.4, -0.2) is 46.3 Å². The highest BCUT2D eigenvalue weighted by atomic mass is 16.2. The fraction of sp³-hybridized carbons (Fsp3) is 0.857. The molecule has 3 aliphatic rings. The minimum Gasteiger partial charge on any atom is -0.329 e. The van der Waals surface area contributed by atoms with Gasteiger partial charge in [0.05, 0.1) is 0 Å². The van der Waals surface area contributed by atoms with E-state index in [9.17, 15) is 9.59 Å². The SMILES string of the molecule is CC1C(=O)N2CCCCC2C(=O)N1C1CC1(C)C. The van der Waals surface area contributed by atoms with Gasteiger partial charge in [0.2, 0.25) is 11.8 Å². The van der Waals surface area contributed by atoms with E-state index in [1.165, 1.54) is 0 Å². The Morgan fingerprint density at radius 2 is 1.83 bits per heavy atom. The van der Waals surface area contributed by atoms with E-state index in [-0.39, 0.29) is 35.4 Å². The highest BCUT2D eigenvalue weighted by molar-refractivity contribution is 5.97. The molecule has 1 saturated carbocycles. The summed E-state index contributed by atoms with van der Waals surface area (Å²) in [6.45, 7) is 7.01. The highest BCUT2D eigenvalue weighted by Gasteiger charge is 2.57. The topological polar surface area (TPSA) is 40.6 Å². The molecular formula is C14H22N2O2. The van der Waals surface area contributed by atoms with Crippen LogP contribution in [0.1, 0.15) is 46.5 Å². The Balaban J connectivity index is 1.87. The first kappa shape index (κ1) is 12.0. The first-order valence-electron chi connectivity index (χ1n) is 7.06. The molecule has 0 aromatic carbocycles. The van der Waals surface area contributed by atoms with Crippen molar-refractivity contribution >= 4 is 11.8 Å². The van der Waals surface area contributed by atoms with E-state index >= 15 is 0 Å². The number of fused-ring (bicyclic) bond motifs is 1. The number of piperazine rings is 1. The lowest BCUT2D eigenvalue weighted by molar-refractivity contribution is -0.164. The van der Waals surface area contributed by atoms with Crippen LogP contribution in [0.15, 0.2) is 0 Å². The van der Waals surface area contributed by atoms with Crippen molar-refractivity contribution < 1.29 is 9.59 Å². The van der Waals surface area contributed by atoms with Crippen molar-refractivity contribution in [3.05, 3.63) is 0 Å². The van der Waals surface area contributed by atoms with E-state index in [4.69, 9.17) is 0 Å². The average molecular weight is 250 g/mol. The van der Waals surface area contributed by atoms with Crippen LogP contribution in [0.3, 0.4) is 0 Å². The van der Waals surface area contributed by atoms with Crippen molar-refractivity contribution in [2.75, 3.05) is 6.54 Å². The van der Waals surface area contributed by atoms with Crippen LogP contribution in [-0.2, 0) is 9.59 Å². The molecule has 1 aliphatic carbocycles. The Kier molecular flexibility index (Phi) is 2.48. The zero-order valence-electron chi connectivity index (χ0n) is 11.5. The monoisotopic (exact) mass is 250 g/mol. The molecular weight excluding hydrogens is 228 g/mol. The molecule has 0 bridgehead atoms. The minimum absolute atomic E-state index is 0.155. The molecule has 3 atom stereocenters. The molecule has 0 N–H and O–H groups in total. The lowest BCUT2D eigenvalue weighted by atomic mass is 9.95. The van der Waals surface area contributed by atoms with Gasteiger partial charge in [-0.25, -0.2) is 0 Å². The quantitative estimate of drug-likeness (QED) is 0.706. The second-order valence-corrected chi connectivity index (χ2v) is 6.67. The summed E-state index contributed by atoms with van der Waals surface area (Å²) >= 11 is 0. The summed E-state index contributed by atoms with van der Waals surface area (Å²) in [5, 5.41) is 0. The van der Waals surface area contributed by atoms with Crippen LogP contribution in [0, 0.1) is 5.41 Å². The molecule has 4 nitrogen and oxygen atoms in total. The first-order valence-corrected chi connectivity index (χ1v) is 7.06. The van der Waals surface area contributed by atoms with Crippen LogP contribution in [0.5, 0.6) is 0 Å². The predicted molar refractivity (Wildman–Crippen MR) is 67.8 cm³/mol. The number of nitrogens with zero attached hydrogens (tertiary/aromatic N) is 2. The van der Waals surface area contributed by atoms with Crippen LogP contribution < -0.4 is 0 Å². The zero-order chi connectivity index (χ0) is 13.1. The summed E-state index contributed by atoms with van der Waals surface area (Å²) in [5.74, 6) is 0.347. The number of hydrogen-bond donors (Lipinski definition) is 0. The molecule has 2 saturated heterocycles. The van der Waals surface area contributed by atoms with E-state index in [0.717, 1.165) is 32.2 Å². The summed E-state index contributed by atoms with van der Waals surface area (Å²) < 4.78 is 0. The van der Waals surface area contributed by atoms with Gasteiger partial charge in [0.1, 0.15) is 12.1 Å². The molecule has 18 heavy (non-hydrogen) atoms. The Bertz CT molecular complexity index is 405. The van der Waals surface area contributed by atoms with E-state index in [2.05, 4.69) is 13.8 Å². The number of rotatable bonds is 1. The molecule has 3 fully saturated rings. The minimum atomic E-state index is -0.265. The van der Waals surface area contributed by atoms with Crippen LogP contribution in [0.25, 0.3) is 0 Å². The van der Waals surface area contributed by atoms with Crippen molar-refractivity contribution in [2.24, 2.45) is 5.41 Å². The maximum Gasteiger partial charge on any atom is 0.246 e. The Morgan fingerprint density at radius 1 is 1.17 bits per heavy atom. The summed E-state index contributed by atoms with van der Waals surface area (Å²) in [6.07, 6.45) is 3.98. The van der Waals surface area contributed by atoms with Gasteiger partial charge in [0.15, 0.2) is 0 Å². The molecule has 4 heteroatoms. The van der Waals surface area contributed by atoms with Gasteiger partial charge >= 0.3 is 0 Å². The maximum atomic E-state index is 12.6. The zero-order valence-corrected chi connectivity index (χ0v) is 11.5. The fourth-order valence-electron chi connectivity index (χ4n) is 3.51. The number of piperidine rings is 1.